The Morgan fingerprint density at radius 2 is 1.40 bits per heavy atom. The maximum Gasteiger partial charge on any atom is 0.119 e. The van der Waals surface area contributed by atoms with E-state index in [1.165, 1.54) is 3.57 Å². The summed E-state index contributed by atoms with van der Waals surface area (Å²) in [7, 11) is 0. The van der Waals surface area contributed by atoms with Crippen molar-refractivity contribution in [2.24, 2.45) is 0 Å². The van der Waals surface area contributed by atoms with Crippen LogP contribution in [-0.2, 0) is 0 Å². The summed E-state index contributed by atoms with van der Waals surface area (Å²) in [4.78, 5) is 0. The van der Waals surface area contributed by atoms with E-state index in [0.29, 0.717) is 18.2 Å². The van der Waals surface area contributed by atoms with E-state index in [1.807, 2.05) is 36.4 Å². The molecule has 108 valence electrons. The molecule has 0 unspecified atom stereocenters. The first kappa shape index (κ1) is 17.8. The van der Waals surface area contributed by atoms with Crippen molar-refractivity contribution in [3.63, 3.8) is 0 Å². The Kier molecular flexibility index (Phi) is 9.37. The molecule has 0 radical (unpaired) electrons. The molecule has 0 heterocycles. The van der Waals surface area contributed by atoms with E-state index in [4.69, 9.17) is 21.4 Å². The molecule has 2 aromatic carbocycles. The molecule has 0 bridgehead atoms. The van der Waals surface area contributed by atoms with Crippen molar-refractivity contribution in [1.29, 1.82) is 0 Å². The van der Waals surface area contributed by atoms with Crippen LogP contribution in [0.15, 0.2) is 48.5 Å². The van der Waals surface area contributed by atoms with Crippen molar-refractivity contribution < 1.29 is 9.84 Å². The lowest BCUT2D eigenvalue weighted by Gasteiger charge is -2.03. The Bertz CT molecular complexity index is 465. The standard InChI is InChI=1S/C9H10ClIO.C6H5IO/c10-6-1-7-12-9-4-2-8(11)3-5-9;7-5-1-3-6(8)4-2-5/h2-5H,1,6-7H2;1-4,8H. The maximum atomic E-state index is 8.75. The summed E-state index contributed by atoms with van der Waals surface area (Å²) in [5.74, 6) is 1.90. The van der Waals surface area contributed by atoms with E-state index < -0.39 is 0 Å². The van der Waals surface area contributed by atoms with E-state index >= 15 is 0 Å². The van der Waals surface area contributed by atoms with Gasteiger partial charge in [0.1, 0.15) is 11.5 Å². The molecule has 1 N–H and O–H groups in total. The zero-order valence-electron chi connectivity index (χ0n) is 10.7. The van der Waals surface area contributed by atoms with Crippen molar-refractivity contribution in [1.82, 2.24) is 0 Å². The van der Waals surface area contributed by atoms with Gasteiger partial charge in [0.05, 0.1) is 6.61 Å². The van der Waals surface area contributed by atoms with Crippen LogP contribution < -0.4 is 4.74 Å². The first-order valence-corrected chi connectivity index (χ1v) is 8.70. The van der Waals surface area contributed by atoms with Crippen molar-refractivity contribution >= 4 is 56.8 Å². The highest BCUT2D eigenvalue weighted by atomic mass is 127. The Morgan fingerprint density at radius 3 is 1.85 bits per heavy atom. The van der Waals surface area contributed by atoms with Gasteiger partial charge in [0.2, 0.25) is 0 Å². The third kappa shape index (κ3) is 8.16. The van der Waals surface area contributed by atoms with Gasteiger partial charge in [-0.2, -0.15) is 0 Å². The number of phenols is 1. The van der Waals surface area contributed by atoms with Crippen LogP contribution in [0.2, 0.25) is 0 Å². The number of aromatic hydroxyl groups is 1. The van der Waals surface area contributed by atoms with Crippen LogP contribution in [0.5, 0.6) is 11.5 Å². The zero-order chi connectivity index (χ0) is 14.8. The van der Waals surface area contributed by atoms with Crippen LogP contribution >= 0.6 is 56.8 Å². The number of hydrogen-bond donors (Lipinski definition) is 1. The van der Waals surface area contributed by atoms with Gasteiger partial charge >= 0.3 is 0 Å². The Balaban J connectivity index is 0.000000217. The highest BCUT2D eigenvalue weighted by molar-refractivity contribution is 14.1. The largest absolute Gasteiger partial charge is 0.508 e. The monoisotopic (exact) mass is 516 g/mol. The van der Waals surface area contributed by atoms with Gasteiger partial charge in [0.25, 0.3) is 0 Å². The number of phenolic OH excluding ortho intramolecular Hbond substituents is 1. The van der Waals surface area contributed by atoms with Gasteiger partial charge in [-0.15, -0.1) is 11.6 Å². The zero-order valence-corrected chi connectivity index (χ0v) is 15.8. The number of ether oxygens (including phenoxy) is 1. The number of benzene rings is 2. The summed E-state index contributed by atoms with van der Waals surface area (Å²) in [5.41, 5.74) is 0. The van der Waals surface area contributed by atoms with Gasteiger partial charge in [-0.1, -0.05) is 0 Å². The molecule has 0 aliphatic heterocycles. The SMILES string of the molecule is ClCCCOc1ccc(I)cc1.Oc1ccc(I)cc1. The van der Waals surface area contributed by atoms with E-state index in [9.17, 15) is 0 Å². The predicted molar refractivity (Wildman–Crippen MR) is 101 cm³/mol. The van der Waals surface area contributed by atoms with Crippen LogP contribution in [0.25, 0.3) is 0 Å². The van der Waals surface area contributed by atoms with Crippen molar-refractivity contribution in [2.75, 3.05) is 12.5 Å². The lowest BCUT2D eigenvalue weighted by Crippen LogP contribution is -1.97. The fourth-order valence-corrected chi connectivity index (χ4v) is 2.04. The summed E-state index contributed by atoms with van der Waals surface area (Å²) in [6.07, 6.45) is 0.896. The second kappa shape index (κ2) is 10.5. The first-order valence-electron chi connectivity index (χ1n) is 6.00. The van der Waals surface area contributed by atoms with Gasteiger partial charge in [-0.25, -0.2) is 0 Å². The van der Waals surface area contributed by atoms with Gasteiger partial charge in [0, 0.05) is 13.0 Å². The average molecular weight is 517 g/mol. The minimum atomic E-state index is 0.324. The third-order valence-electron chi connectivity index (χ3n) is 2.19. The quantitative estimate of drug-likeness (QED) is 0.340. The van der Waals surface area contributed by atoms with Crippen LogP contribution in [0, 0.1) is 7.14 Å². The van der Waals surface area contributed by atoms with Crippen molar-refractivity contribution in [3.8, 4) is 11.5 Å². The minimum Gasteiger partial charge on any atom is -0.508 e. The molecule has 0 amide bonds. The number of hydrogen-bond acceptors (Lipinski definition) is 2. The third-order valence-corrected chi connectivity index (χ3v) is 3.89. The van der Waals surface area contributed by atoms with E-state index in [2.05, 4.69) is 45.2 Å². The molecule has 0 atom stereocenters. The number of alkyl halides is 1. The lowest BCUT2D eigenvalue weighted by molar-refractivity contribution is 0.318. The summed E-state index contributed by atoms with van der Waals surface area (Å²) in [5, 5.41) is 8.75. The molecule has 0 spiro atoms. The van der Waals surface area contributed by atoms with Crippen LogP contribution in [0.4, 0.5) is 0 Å². The Labute approximate surface area is 151 Å². The van der Waals surface area contributed by atoms with Crippen LogP contribution in [0.1, 0.15) is 6.42 Å². The van der Waals surface area contributed by atoms with Gasteiger partial charge < -0.3 is 9.84 Å². The maximum absolute atomic E-state index is 8.75. The van der Waals surface area contributed by atoms with Crippen molar-refractivity contribution in [2.45, 2.75) is 6.42 Å². The average Bonchev–Trinajstić information content (AvgIpc) is 2.45. The fraction of sp³-hybridized carbons (Fsp3) is 0.200. The molecule has 0 aliphatic rings. The topological polar surface area (TPSA) is 29.5 Å². The molecule has 2 nitrogen and oxygen atoms in total. The summed E-state index contributed by atoms with van der Waals surface area (Å²) in [6, 6.07) is 15.0. The summed E-state index contributed by atoms with van der Waals surface area (Å²) in [6.45, 7) is 0.699. The van der Waals surface area contributed by atoms with Gasteiger partial charge in [-0.3, -0.25) is 0 Å². The van der Waals surface area contributed by atoms with E-state index in [-0.39, 0.29) is 0 Å². The molecule has 0 fully saturated rings. The van der Waals surface area contributed by atoms with E-state index in [0.717, 1.165) is 15.7 Å². The summed E-state index contributed by atoms with van der Waals surface area (Å²) < 4.78 is 7.77. The highest BCUT2D eigenvalue weighted by Crippen LogP contribution is 2.13. The lowest BCUT2D eigenvalue weighted by atomic mass is 10.3. The molecule has 20 heavy (non-hydrogen) atoms. The number of halogens is 3. The molecular weight excluding hydrogens is 501 g/mol. The second-order valence-electron chi connectivity index (χ2n) is 3.82. The Hall–Kier alpha value is -0.210. The Morgan fingerprint density at radius 1 is 0.900 bits per heavy atom. The minimum absolute atomic E-state index is 0.324. The van der Waals surface area contributed by atoms with Gasteiger partial charge in [0.15, 0.2) is 0 Å². The highest BCUT2D eigenvalue weighted by Gasteiger charge is 1.92. The molecule has 0 aromatic heterocycles. The fourth-order valence-electron chi connectivity index (χ4n) is 1.22. The molecular formula is C15H15ClI2O2. The first-order chi connectivity index (χ1) is 9.61. The molecule has 0 aliphatic carbocycles. The van der Waals surface area contributed by atoms with E-state index in [1.54, 1.807) is 12.1 Å². The normalized spacial score (nSPS) is 9.55. The van der Waals surface area contributed by atoms with Gasteiger partial charge in [-0.05, 0) is 100 Å². The molecule has 2 rings (SSSR count). The smallest absolute Gasteiger partial charge is 0.119 e. The molecule has 0 saturated heterocycles. The second-order valence-corrected chi connectivity index (χ2v) is 6.69. The molecule has 2 aromatic rings. The number of rotatable bonds is 4. The molecule has 0 saturated carbocycles. The van der Waals surface area contributed by atoms with Crippen molar-refractivity contribution in [3.05, 3.63) is 55.7 Å². The predicted octanol–water partition coefficient (Wildman–Crippen LogP) is 5.30. The summed E-state index contributed by atoms with van der Waals surface area (Å²) >= 11 is 9.96. The van der Waals surface area contributed by atoms with Crippen LogP contribution in [-0.4, -0.2) is 17.6 Å². The van der Waals surface area contributed by atoms with Crippen LogP contribution in [0.3, 0.4) is 0 Å². The molecule has 5 heteroatoms.